The summed E-state index contributed by atoms with van der Waals surface area (Å²) in [7, 11) is 1.86. The van der Waals surface area contributed by atoms with Gasteiger partial charge in [-0.2, -0.15) is 0 Å². The average Bonchev–Trinajstić information content (AvgIpc) is 2.91. The molecule has 1 aromatic heterocycles. The van der Waals surface area contributed by atoms with Crippen LogP contribution in [0.2, 0.25) is 0 Å². The van der Waals surface area contributed by atoms with Crippen molar-refractivity contribution in [3.8, 4) is 0 Å². The molecule has 2 N–H and O–H groups in total. The van der Waals surface area contributed by atoms with Crippen LogP contribution < -0.4 is 10.6 Å². The Balaban J connectivity index is 1.91. The van der Waals surface area contributed by atoms with Crippen LogP contribution >= 0.6 is 0 Å². The highest BCUT2D eigenvalue weighted by molar-refractivity contribution is 5.99. The predicted molar refractivity (Wildman–Crippen MR) is 85.6 cm³/mol. The van der Waals surface area contributed by atoms with E-state index in [9.17, 15) is 4.79 Å². The predicted octanol–water partition coefficient (Wildman–Crippen LogP) is 3.19. The highest BCUT2D eigenvalue weighted by Crippen LogP contribution is 2.26. The number of benzene rings is 1. The quantitative estimate of drug-likeness (QED) is 0.909. The zero-order chi connectivity index (χ0) is 14.8. The first-order valence-corrected chi connectivity index (χ1v) is 7.57. The Morgan fingerprint density at radius 2 is 2.10 bits per heavy atom. The molecule has 1 aliphatic rings. The number of anilines is 1. The van der Waals surface area contributed by atoms with Crippen molar-refractivity contribution in [3.63, 3.8) is 0 Å². The summed E-state index contributed by atoms with van der Waals surface area (Å²) in [4.78, 5) is 17.0. The minimum absolute atomic E-state index is 0.0731. The number of aromatic nitrogens is 1. The van der Waals surface area contributed by atoms with E-state index in [2.05, 4.69) is 22.5 Å². The minimum atomic E-state index is -0.0731. The molecular formula is C17H21N3O. The van der Waals surface area contributed by atoms with Gasteiger partial charge in [0.15, 0.2) is 0 Å². The van der Waals surface area contributed by atoms with E-state index in [0.29, 0.717) is 11.6 Å². The van der Waals surface area contributed by atoms with Crippen molar-refractivity contribution in [3.05, 3.63) is 36.0 Å². The van der Waals surface area contributed by atoms with Crippen molar-refractivity contribution in [2.45, 2.75) is 32.2 Å². The topological polar surface area (TPSA) is 54.0 Å². The van der Waals surface area contributed by atoms with Crippen LogP contribution in [0, 0.1) is 5.92 Å². The van der Waals surface area contributed by atoms with Gasteiger partial charge in [-0.3, -0.25) is 4.79 Å². The van der Waals surface area contributed by atoms with Crippen molar-refractivity contribution in [2.24, 2.45) is 5.92 Å². The molecule has 1 aromatic carbocycles. The van der Waals surface area contributed by atoms with E-state index in [1.807, 2.05) is 37.4 Å². The highest BCUT2D eigenvalue weighted by Gasteiger charge is 2.25. The van der Waals surface area contributed by atoms with E-state index in [1.165, 1.54) is 12.8 Å². The van der Waals surface area contributed by atoms with Gasteiger partial charge in [0.25, 0.3) is 5.91 Å². The fraction of sp³-hybridized carbons (Fsp3) is 0.412. The van der Waals surface area contributed by atoms with Gasteiger partial charge >= 0.3 is 0 Å². The Hall–Kier alpha value is -2.10. The molecule has 1 heterocycles. The molecule has 110 valence electrons. The second-order valence-electron chi connectivity index (χ2n) is 5.81. The number of rotatable bonds is 3. The molecule has 0 bridgehead atoms. The summed E-state index contributed by atoms with van der Waals surface area (Å²) < 4.78 is 0. The molecule has 3 rings (SSSR count). The van der Waals surface area contributed by atoms with Gasteiger partial charge in [-0.25, -0.2) is 4.98 Å². The monoisotopic (exact) mass is 283 g/mol. The SMILES string of the molecule is CNc1cc(C(=O)NC2CCCC2C)nc2ccccc12. The zero-order valence-electron chi connectivity index (χ0n) is 12.5. The molecule has 2 unspecified atom stereocenters. The molecule has 21 heavy (non-hydrogen) atoms. The van der Waals surface area contributed by atoms with Crippen LogP contribution in [-0.4, -0.2) is 24.0 Å². The first-order valence-electron chi connectivity index (χ1n) is 7.57. The van der Waals surface area contributed by atoms with Gasteiger partial charge in [0.05, 0.1) is 5.52 Å². The molecule has 0 spiro atoms. The van der Waals surface area contributed by atoms with Crippen LogP contribution in [0.4, 0.5) is 5.69 Å². The van der Waals surface area contributed by atoms with Gasteiger partial charge in [0, 0.05) is 24.2 Å². The number of amides is 1. The fourth-order valence-corrected chi connectivity index (χ4v) is 3.10. The second-order valence-corrected chi connectivity index (χ2v) is 5.81. The Morgan fingerprint density at radius 3 is 2.81 bits per heavy atom. The van der Waals surface area contributed by atoms with Gasteiger partial charge in [-0.15, -0.1) is 0 Å². The van der Waals surface area contributed by atoms with Crippen LogP contribution in [0.5, 0.6) is 0 Å². The molecule has 1 amide bonds. The number of nitrogens with zero attached hydrogens (tertiary/aromatic N) is 1. The maximum absolute atomic E-state index is 12.5. The first-order chi connectivity index (χ1) is 10.2. The van der Waals surface area contributed by atoms with Crippen LogP contribution in [0.1, 0.15) is 36.7 Å². The number of hydrogen-bond acceptors (Lipinski definition) is 3. The third-order valence-corrected chi connectivity index (χ3v) is 4.40. The van der Waals surface area contributed by atoms with E-state index in [4.69, 9.17) is 0 Å². The first kappa shape index (κ1) is 13.9. The van der Waals surface area contributed by atoms with Crippen molar-refractivity contribution in [1.29, 1.82) is 0 Å². The Bertz CT molecular complexity index is 668. The van der Waals surface area contributed by atoms with Gasteiger partial charge < -0.3 is 10.6 Å². The lowest BCUT2D eigenvalue weighted by Gasteiger charge is -2.17. The number of hydrogen-bond donors (Lipinski definition) is 2. The second kappa shape index (κ2) is 5.72. The maximum atomic E-state index is 12.5. The van der Waals surface area contributed by atoms with Gasteiger partial charge in [0.2, 0.25) is 0 Å². The highest BCUT2D eigenvalue weighted by atomic mass is 16.1. The lowest BCUT2D eigenvalue weighted by molar-refractivity contribution is 0.0925. The van der Waals surface area contributed by atoms with Crippen LogP contribution in [-0.2, 0) is 0 Å². The van der Waals surface area contributed by atoms with E-state index >= 15 is 0 Å². The Morgan fingerprint density at radius 1 is 1.29 bits per heavy atom. The molecule has 1 fully saturated rings. The van der Waals surface area contributed by atoms with Crippen LogP contribution in [0.25, 0.3) is 10.9 Å². The Kier molecular flexibility index (Phi) is 3.78. The van der Waals surface area contributed by atoms with Gasteiger partial charge in [0.1, 0.15) is 5.69 Å². The van der Waals surface area contributed by atoms with Crippen molar-refractivity contribution in [2.75, 3.05) is 12.4 Å². The van der Waals surface area contributed by atoms with E-state index in [0.717, 1.165) is 23.0 Å². The molecular weight excluding hydrogens is 262 g/mol. The molecule has 2 aromatic rings. The number of carbonyl (C=O) groups excluding carboxylic acids is 1. The average molecular weight is 283 g/mol. The number of pyridine rings is 1. The summed E-state index contributed by atoms with van der Waals surface area (Å²) in [6.45, 7) is 2.20. The molecule has 0 radical (unpaired) electrons. The van der Waals surface area contributed by atoms with E-state index in [-0.39, 0.29) is 11.9 Å². The van der Waals surface area contributed by atoms with Gasteiger partial charge in [-0.1, -0.05) is 31.5 Å². The van der Waals surface area contributed by atoms with E-state index in [1.54, 1.807) is 0 Å². The van der Waals surface area contributed by atoms with Crippen LogP contribution in [0.15, 0.2) is 30.3 Å². The molecule has 1 saturated carbocycles. The third-order valence-electron chi connectivity index (χ3n) is 4.40. The molecule has 4 nitrogen and oxygen atoms in total. The third kappa shape index (κ3) is 2.71. The summed E-state index contributed by atoms with van der Waals surface area (Å²) >= 11 is 0. The lowest BCUT2D eigenvalue weighted by Crippen LogP contribution is -2.36. The number of nitrogens with one attached hydrogen (secondary N) is 2. The summed E-state index contributed by atoms with van der Waals surface area (Å²) in [6, 6.07) is 9.97. The fourth-order valence-electron chi connectivity index (χ4n) is 3.10. The van der Waals surface area contributed by atoms with Gasteiger partial charge in [-0.05, 0) is 30.9 Å². The zero-order valence-corrected chi connectivity index (χ0v) is 12.5. The largest absolute Gasteiger partial charge is 0.388 e. The smallest absolute Gasteiger partial charge is 0.270 e. The maximum Gasteiger partial charge on any atom is 0.270 e. The van der Waals surface area contributed by atoms with Crippen molar-refractivity contribution < 1.29 is 4.79 Å². The minimum Gasteiger partial charge on any atom is -0.388 e. The van der Waals surface area contributed by atoms with E-state index < -0.39 is 0 Å². The van der Waals surface area contributed by atoms with Crippen molar-refractivity contribution in [1.82, 2.24) is 10.3 Å². The standard InChI is InChI=1S/C17H21N3O/c1-11-6-5-9-13(11)20-17(21)16-10-15(18-2)12-7-3-4-8-14(12)19-16/h3-4,7-8,10-11,13H,5-6,9H2,1-2H3,(H,18,19)(H,20,21). The lowest BCUT2D eigenvalue weighted by atomic mass is 10.1. The number of para-hydroxylation sites is 1. The summed E-state index contributed by atoms with van der Waals surface area (Å²) in [5.74, 6) is 0.481. The van der Waals surface area contributed by atoms with Crippen molar-refractivity contribution >= 4 is 22.5 Å². The number of fused-ring (bicyclic) bond motifs is 1. The number of carbonyl (C=O) groups is 1. The molecule has 4 heteroatoms. The Labute approximate surface area is 125 Å². The summed E-state index contributed by atoms with van der Waals surface area (Å²) in [6.07, 6.45) is 3.45. The van der Waals surface area contributed by atoms with Crippen LogP contribution in [0.3, 0.4) is 0 Å². The summed E-state index contributed by atoms with van der Waals surface area (Å²) in [5.41, 5.74) is 2.26. The normalized spacial score (nSPS) is 21.4. The molecule has 2 atom stereocenters. The molecule has 0 saturated heterocycles. The molecule has 0 aliphatic heterocycles. The molecule has 1 aliphatic carbocycles. The summed E-state index contributed by atoms with van der Waals surface area (Å²) in [5, 5.41) is 7.31.